The number of imide groups is 1. The number of furan rings is 1. The van der Waals surface area contributed by atoms with Crippen molar-refractivity contribution in [3.05, 3.63) is 51.3 Å². The van der Waals surface area contributed by atoms with Crippen molar-refractivity contribution in [2.45, 2.75) is 0 Å². The molecule has 0 bridgehead atoms. The lowest BCUT2D eigenvalue weighted by atomic mass is 10.2. The molecule has 2 aromatic rings. The molecule has 5 nitrogen and oxygen atoms in total. The van der Waals surface area contributed by atoms with E-state index in [0.29, 0.717) is 16.5 Å². The normalized spacial score (nSPS) is 16.2. The van der Waals surface area contributed by atoms with Crippen molar-refractivity contribution in [2.24, 2.45) is 0 Å². The van der Waals surface area contributed by atoms with E-state index in [-0.39, 0.29) is 5.70 Å². The second-order valence-electron chi connectivity index (χ2n) is 4.30. The molecule has 0 radical (unpaired) electrons. The zero-order valence-electron chi connectivity index (χ0n) is 10.4. The standard InChI is InChI=1S/C14H8BrClN2O3/c15-9-3-1-7(5-10(9)16)12-4-2-8(21-12)6-11-13(19)18-14(20)17-11/h1-6H,(H2,17,18,19,20)/b11-6+. The van der Waals surface area contributed by atoms with Crippen molar-refractivity contribution < 1.29 is 14.0 Å². The van der Waals surface area contributed by atoms with E-state index in [2.05, 4.69) is 26.6 Å². The van der Waals surface area contributed by atoms with Gasteiger partial charge >= 0.3 is 6.03 Å². The Morgan fingerprint density at radius 3 is 2.62 bits per heavy atom. The van der Waals surface area contributed by atoms with E-state index in [9.17, 15) is 9.59 Å². The van der Waals surface area contributed by atoms with Gasteiger partial charge in [0, 0.05) is 16.1 Å². The van der Waals surface area contributed by atoms with Gasteiger partial charge in [-0.2, -0.15) is 0 Å². The summed E-state index contributed by atoms with van der Waals surface area (Å²) in [7, 11) is 0. The van der Waals surface area contributed by atoms with Gasteiger partial charge in [-0.25, -0.2) is 4.79 Å². The third kappa shape index (κ3) is 2.86. The van der Waals surface area contributed by atoms with E-state index in [4.69, 9.17) is 16.0 Å². The molecule has 0 saturated carbocycles. The van der Waals surface area contributed by atoms with E-state index in [1.807, 2.05) is 12.1 Å². The van der Waals surface area contributed by atoms with Gasteiger partial charge in [-0.1, -0.05) is 17.7 Å². The van der Waals surface area contributed by atoms with Gasteiger partial charge in [0.15, 0.2) is 0 Å². The molecule has 2 heterocycles. The van der Waals surface area contributed by atoms with Crippen LogP contribution in [0.2, 0.25) is 5.02 Å². The molecule has 1 aromatic heterocycles. The highest BCUT2D eigenvalue weighted by Crippen LogP contribution is 2.30. The molecule has 0 aliphatic carbocycles. The van der Waals surface area contributed by atoms with Crippen LogP contribution in [0.15, 0.2) is 44.9 Å². The fourth-order valence-electron chi connectivity index (χ4n) is 1.86. The molecule has 0 atom stereocenters. The van der Waals surface area contributed by atoms with Crippen LogP contribution in [0, 0.1) is 0 Å². The third-order valence-electron chi connectivity index (χ3n) is 2.84. The minimum absolute atomic E-state index is 0.148. The van der Waals surface area contributed by atoms with Crippen LogP contribution < -0.4 is 10.6 Å². The molecular weight excluding hydrogens is 360 g/mol. The minimum Gasteiger partial charge on any atom is -0.457 e. The average molecular weight is 368 g/mol. The first kappa shape index (κ1) is 13.9. The van der Waals surface area contributed by atoms with Gasteiger partial charge in [-0.05, 0) is 40.2 Å². The predicted octanol–water partition coefficient (Wildman–Crippen LogP) is 3.54. The Kier molecular flexibility index (Phi) is 3.57. The fraction of sp³-hybridized carbons (Fsp3) is 0. The largest absolute Gasteiger partial charge is 0.457 e. The number of nitrogens with one attached hydrogen (secondary N) is 2. The van der Waals surface area contributed by atoms with Crippen LogP contribution in [0.5, 0.6) is 0 Å². The Labute approximate surface area is 133 Å². The van der Waals surface area contributed by atoms with Gasteiger partial charge in [0.05, 0.1) is 5.02 Å². The highest BCUT2D eigenvalue weighted by molar-refractivity contribution is 9.10. The first-order valence-electron chi connectivity index (χ1n) is 5.92. The molecular formula is C14H8BrClN2O3. The number of urea groups is 1. The highest BCUT2D eigenvalue weighted by Gasteiger charge is 2.23. The van der Waals surface area contributed by atoms with Crippen molar-refractivity contribution in [3.63, 3.8) is 0 Å². The van der Waals surface area contributed by atoms with Gasteiger partial charge in [-0.15, -0.1) is 0 Å². The molecule has 21 heavy (non-hydrogen) atoms. The van der Waals surface area contributed by atoms with Crippen molar-refractivity contribution in [1.82, 2.24) is 10.6 Å². The van der Waals surface area contributed by atoms with Gasteiger partial charge in [0.1, 0.15) is 17.2 Å². The van der Waals surface area contributed by atoms with Crippen LogP contribution in [0.3, 0.4) is 0 Å². The van der Waals surface area contributed by atoms with E-state index >= 15 is 0 Å². The fourth-order valence-corrected chi connectivity index (χ4v) is 2.29. The first-order valence-corrected chi connectivity index (χ1v) is 7.09. The van der Waals surface area contributed by atoms with Crippen LogP contribution in [0.25, 0.3) is 17.4 Å². The van der Waals surface area contributed by atoms with Crippen molar-refractivity contribution in [3.8, 4) is 11.3 Å². The molecule has 1 saturated heterocycles. The third-order valence-corrected chi connectivity index (χ3v) is 4.07. The number of benzene rings is 1. The Morgan fingerprint density at radius 2 is 1.95 bits per heavy atom. The minimum atomic E-state index is -0.544. The zero-order chi connectivity index (χ0) is 15.0. The first-order chi connectivity index (χ1) is 10.0. The number of amides is 3. The van der Waals surface area contributed by atoms with Crippen molar-refractivity contribution in [1.29, 1.82) is 0 Å². The Balaban J connectivity index is 1.90. The number of hydrogen-bond acceptors (Lipinski definition) is 3. The van der Waals surface area contributed by atoms with Crippen molar-refractivity contribution in [2.75, 3.05) is 0 Å². The van der Waals surface area contributed by atoms with Gasteiger partial charge in [0.2, 0.25) is 0 Å². The Hall–Kier alpha value is -2.05. The molecule has 1 fully saturated rings. The number of hydrogen-bond donors (Lipinski definition) is 2. The van der Waals surface area contributed by atoms with E-state index in [1.165, 1.54) is 6.08 Å². The topological polar surface area (TPSA) is 71.3 Å². The maximum atomic E-state index is 11.4. The molecule has 1 aliphatic heterocycles. The SMILES string of the molecule is O=C1NC(=O)/C(=C\c2ccc(-c3ccc(Br)c(Cl)c3)o2)N1. The molecule has 3 amide bonds. The van der Waals surface area contributed by atoms with Crippen LogP contribution in [-0.2, 0) is 4.79 Å². The van der Waals surface area contributed by atoms with E-state index in [1.54, 1.807) is 18.2 Å². The number of carbonyl (C=O) groups excluding carboxylic acids is 2. The summed E-state index contributed by atoms with van der Waals surface area (Å²) in [6.07, 6.45) is 1.46. The number of halogens is 2. The Morgan fingerprint density at radius 1 is 1.14 bits per heavy atom. The smallest absolute Gasteiger partial charge is 0.326 e. The number of rotatable bonds is 2. The highest BCUT2D eigenvalue weighted by atomic mass is 79.9. The summed E-state index contributed by atoms with van der Waals surface area (Å²) < 4.78 is 6.43. The summed E-state index contributed by atoms with van der Waals surface area (Å²) in [5.41, 5.74) is 0.961. The zero-order valence-corrected chi connectivity index (χ0v) is 12.8. The van der Waals surface area contributed by atoms with Gasteiger partial charge in [0.25, 0.3) is 5.91 Å². The molecule has 1 aromatic carbocycles. The average Bonchev–Trinajstić information content (AvgIpc) is 3.01. The van der Waals surface area contributed by atoms with E-state index in [0.717, 1.165) is 10.0 Å². The molecule has 106 valence electrons. The summed E-state index contributed by atoms with van der Waals surface area (Å²) in [5.74, 6) is 0.585. The van der Waals surface area contributed by atoms with Gasteiger partial charge < -0.3 is 9.73 Å². The van der Waals surface area contributed by atoms with Crippen LogP contribution in [0.4, 0.5) is 4.79 Å². The second kappa shape index (κ2) is 5.38. The molecule has 0 unspecified atom stereocenters. The summed E-state index contributed by atoms with van der Waals surface area (Å²) in [4.78, 5) is 22.4. The lowest BCUT2D eigenvalue weighted by molar-refractivity contribution is -0.115. The number of carbonyl (C=O) groups is 2. The molecule has 0 spiro atoms. The maximum absolute atomic E-state index is 11.4. The predicted molar refractivity (Wildman–Crippen MR) is 81.5 cm³/mol. The molecule has 1 aliphatic rings. The van der Waals surface area contributed by atoms with Crippen LogP contribution >= 0.6 is 27.5 Å². The maximum Gasteiger partial charge on any atom is 0.326 e. The van der Waals surface area contributed by atoms with E-state index < -0.39 is 11.9 Å². The lowest BCUT2D eigenvalue weighted by Gasteiger charge is -2.00. The molecule has 2 N–H and O–H groups in total. The quantitative estimate of drug-likeness (QED) is 0.630. The van der Waals surface area contributed by atoms with Crippen LogP contribution in [-0.4, -0.2) is 11.9 Å². The summed E-state index contributed by atoms with van der Waals surface area (Å²) in [6, 6.07) is 8.37. The van der Waals surface area contributed by atoms with Crippen molar-refractivity contribution >= 4 is 45.5 Å². The van der Waals surface area contributed by atoms with Crippen LogP contribution in [0.1, 0.15) is 5.76 Å². The molecule has 3 rings (SSSR count). The monoisotopic (exact) mass is 366 g/mol. The van der Waals surface area contributed by atoms with Gasteiger partial charge in [-0.3, -0.25) is 10.1 Å². The summed E-state index contributed by atoms with van der Waals surface area (Å²) in [5, 5.41) is 5.08. The second-order valence-corrected chi connectivity index (χ2v) is 5.56. The molecule has 7 heteroatoms. The lowest BCUT2D eigenvalue weighted by Crippen LogP contribution is -2.22. The summed E-state index contributed by atoms with van der Waals surface area (Å²) >= 11 is 9.36. The summed E-state index contributed by atoms with van der Waals surface area (Å²) in [6.45, 7) is 0. The Bertz CT molecular complexity index is 782.